The van der Waals surface area contributed by atoms with Crippen LogP contribution in [0.5, 0.6) is 0 Å². The van der Waals surface area contributed by atoms with E-state index in [0.29, 0.717) is 30.5 Å². The van der Waals surface area contributed by atoms with Gasteiger partial charge in [0.25, 0.3) is 0 Å². The quantitative estimate of drug-likeness (QED) is 0.776. The molecule has 1 saturated heterocycles. The van der Waals surface area contributed by atoms with Crippen molar-refractivity contribution in [1.29, 1.82) is 0 Å². The van der Waals surface area contributed by atoms with Gasteiger partial charge in [-0.2, -0.15) is 4.31 Å². The van der Waals surface area contributed by atoms with E-state index in [1.807, 2.05) is 12.3 Å². The number of ether oxygens (including phenoxy) is 1. The van der Waals surface area contributed by atoms with E-state index < -0.39 is 10.0 Å². The molecule has 0 aliphatic carbocycles. The van der Waals surface area contributed by atoms with Crippen LogP contribution < -0.4 is 0 Å². The summed E-state index contributed by atoms with van der Waals surface area (Å²) in [6, 6.07) is 0. The Morgan fingerprint density at radius 2 is 2.10 bits per heavy atom. The topological polar surface area (TPSA) is 46.6 Å². The molecule has 0 amide bonds. The van der Waals surface area contributed by atoms with Gasteiger partial charge in [-0.25, -0.2) is 8.42 Å². The van der Waals surface area contributed by atoms with Gasteiger partial charge in [0, 0.05) is 31.7 Å². The lowest BCUT2D eigenvalue weighted by Crippen LogP contribution is -2.39. The van der Waals surface area contributed by atoms with Gasteiger partial charge in [0.1, 0.15) is 4.90 Å². The van der Waals surface area contributed by atoms with Crippen molar-refractivity contribution in [3.05, 3.63) is 15.8 Å². The van der Waals surface area contributed by atoms with Crippen LogP contribution >= 0.6 is 22.9 Å². The van der Waals surface area contributed by atoms with E-state index in [1.54, 1.807) is 11.4 Å². The molecule has 0 atom stereocenters. The van der Waals surface area contributed by atoms with Gasteiger partial charge in [-0.3, -0.25) is 0 Å². The van der Waals surface area contributed by atoms with Crippen molar-refractivity contribution in [2.75, 3.05) is 26.8 Å². The van der Waals surface area contributed by atoms with Crippen molar-refractivity contribution < 1.29 is 13.2 Å². The number of piperidine rings is 1. The fourth-order valence-corrected chi connectivity index (χ4v) is 6.09. The van der Waals surface area contributed by atoms with Gasteiger partial charge >= 0.3 is 0 Å². The van der Waals surface area contributed by atoms with Crippen molar-refractivity contribution in [3.63, 3.8) is 0 Å². The molecule has 0 radical (unpaired) electrons. The number of rotatable bonds is 5. The highest BCUT2D eigenvalue weighted by Crippen LogP contribution is 2.32. The SMILES string of the molecule is COCC1CCN(S(=O)(=O)c2c(C)csc2CCl)CC1. The average Bonchev–Trinajstić information content (AvgIpc) is 2.81. The molecule has 20 heavy (non-hydrogen) atoms. The second-order valence-corrected chi connectivity index (χ2v) is 8.21. The summed E-state index contributed by atoms with van der Waals surface area (Å²) in [5, 5.41) is 1.86. The van der Waals surface area contributed by atoms with E-state index >= 15 is 0 Å². The molecule has 1 aliphatic rings. The van der Waals surface area contributed by atoms with Crippen molar-refractivity contribution in [3.8, 4) is 0 Å². The summed E-state index contributed by atoms with van der Waals surface area (Å²) in [5.41, 5.74) is 0.796. The summed E-state index contributed by atoms with van der Waals surface area (Å²) in [5.74, 6) is 0.704. The Labute approximate surface area is 129 Å². The maximum atomic E-state index is 12.8. The number of halogens is 1. The summed E-state index contributed by atoms with van der Waals surface area (Å²) < 4.78 is 32.2. The molecule has 0 aromatic carbocycles. The molecule has 1 aliphatic heterocycles. The average molecular weight is 338 g/mol. The van der Waals surface area contributed by atoms with Gasteiger partial charge in [0.05, 0.1) is 5.88 Å². The van der Waals surface area contributed by atoms with Gasteiger partial charge < -0.3 is 4.74 Å². The first kappa shape index (κ1) is 16.2. The molecule has 7 heteroatoms. The molecular formula is C13H20ClNO3S2. The van der Waals surface area contributed by atoms with Gasteiger partial charge in [0.15, 0.2) is 0 Å². The summed E-state index contributed by atoms with van der Waals surface area (Å²) in [6.07, 6.45) is 1.71. The Bertz CT molecular complexity index is 548. The second-order valence-electron chi connectivity index (χ2n) is 5.11. The monoisotopic (exact) mass is 337 g/mol. The van der Waals surface area contributed by atoms with Crippen LogP contribution in [-0.2, 0) is 20.6 Å². The predicted molar refractivity (Wildman–Crippen MR) is 82.0 cm³/mol. The van der Waals surface area contributed by atoms with Gasteiger partial charge in [0.2, 0.25) is 10.0 Å². The number of nitrogens with zero attached hydrogens (tertiary/aromatic N) is 1. The number of hydrogen-bond acceptors (Lipinski definition) is 4. The number of sulfonamides is 1. The minimum Gasteiger partial charge on any atom is -0.384 e. The molecule has 0 bridgehead atoms. The molecule has 1 aromatic heterocycles. The zero-order valence-corrected chi connectivity index (χ0v) is 14.2. The van der Waals surface area contributed by atoms with Crippen LogP contribution in [0.1, 0.15) is 23.3 Å². The summed E-state index contributed by atoms with van der Waals surface area (Å²) in [7, 11) is -1.73. The van der Waals surface area contributed by atoms with E-state index in [1.165, 1.54) is 11.3 Å². The third-order valence-electron chi connectivity index (χ3n) is 3.68. The van der Waals surface area contributed by atoms with Crippen molar-refractivity contribution >= 4 is 33.0 Å². The van der Waals surface area contributed by atoms with E-state index in [-0.39, 0.29) is 5.88 Å². The summed E-state index contributed by atoms with van der Waals surface area (Å²) in [4.78, 5) is 1.16. The van der Waals surface area contributed by atoms with Gasteiger partial charge in [-0.05, 0) is 36.6 Å². The minimum atomic E-state index is -3.41. The maximum Gasteiger partial charge on any atom is 0.244 e. The second kappa shape index (κ2) is 6.75. The Morgan fingerprint density at radius 1 is 1.45 bits per heavy atom. The fraction of sp³-hybridized carbons (Fsp3) is 0.692. The van der Waals surface area contributed by atoms with Crippen molar-refractivity contribution in [2.24, 2.45) is 5.92 Å². The molecule has 0 unspecified atom stereocenters. The number of alkyl halides is 1. The van der Waals surface area contributed by atoms with E-state index in [0.717, 1.165) is 23.3 Å². The summed E-state index contributed by atoms with van der Waals surface area (Å²) in [6.45, 7) is 3.66. The third kappa shape index (κ3) is 3.20. The fourth-order valence-electron chi connectivity index (χ4n) is 2.61. The Hall–Kier alpha value is -0.140. The Kier molecular flexibility index (Phi) is 5.48. The lowest BCUT2D eigenvalue weighted by Gasteiger charge is -2.31. The minimum absolute atomic E-state index is 0.243. The number of aryl methyl sites for hydroxylation is 1. The first-order valence-corrected chi connectivity index (χ1v) is 9.48. The molecule has 2 rings (SSSR count). The molecule has 4 nitrogen and oxygen atoms in total. The molecule has 0 saturated carbocycles. The maximum absolute atomic E-state index is 12.8. The lowest BCUT2D eigenvalue weighted by molar-refractivity contribution is 0.121. The van der Waals surface area contributed by atoms with E-state index in [2.05, 4.69) is 0 Å². The lowest BCUT2D eigenvalue weighted by atomic mass is 9.99. The largest absolute Gasteiger partial charge is 0.384 e. The predicted octanol–water partition coefficient (Wildman–Crippen LogP) is 2.84. The molecule has 0 N–H and O–H groups in total. The first-order chi connectivity index (χ1) is 9.50. The highest BCUT2D eigenvalue weighted by molar-refractivity contribution is 7.89. The van der Waals surface area contributed by atoms with Crippen molar-refractivity contribution in [1.82, 2.24) is 4.31 Å². The highest BCUT2D eigenvalue weighted by atomic mass is 35.5. The van der Waals surface area contributed by atoms with E-state index in [4.69, 9.17) is 16.3 Å². The molecule has 2 heterocycles. The molecular weight excluding hydrogens is 318 g/mol. The Morgan fingerprint density at radius 3 is 2.65 bits per heavy atom. The first-order valence-electron chi connectivity index (χ1n) is 6.62. The molecule has 1 fully saturated rings. The third-order valence-corrected chi connectivity index (χ3v) is 7.47. The molecule has 0 spiro atoms. The number of thiophene rings is 1. The van der Waals surface area contributed by atoms with Crippen LogP contribution in [0, 0.1) is 12.8 Å². The number of hydrogen-bond donors (Lipinski definition) is 0. The van der Waals surface area contributed by atoms with Gasteiger partial charge in [-0.1, -0.05) is 0 Å². The zero-order valence-electron chi connectivity index (χ0n) is 11.8. The van der Waals surface area contributed by atoms with Gasteiger partial charge in [-0.15, -0.1) is 22.9 Å². The van der Waals surface area contributed by atoms with Crippen LogP contribution in [-0.4, -0.2) is 39.5 Å². The Balaban J connectivity index is 2.18. The normalized spacial score (nSPS) is 18.6. The molecule has 114 valence electrons. The van der Waals surface area contributed by atoms with Crippen LogP contribution in [0.3, 0.4) is 0 Å². The van der Waals surface area contributed by atoms with E-state index in [9.17, 15) is 8.42 Å². The summed E-state index contributed by atoms with van der Waals surface area (Å²) >= 11 is 7.28. The van der Waals surface area contributed by atoms with Crippen LogP contribution in [0.2, 0.25) is 0 Å². The standard InChI is InChI=1S/C13H20ClNO3S2/c1-10-9-19-12(7-14)13(10)20(16,17)15-5-3-11(4-6-15)8-18-2/h9,11H,3-8H2,1-2H3. The zero-order chi connectivity index (χ0) is 14.8. The highest BCUT2D eigenvalue weighted by Gasteiger charge is 2.32. The van der Waals surface area contributed by atoms with Crippen molar-refractivity contribution in [2.45, 2.75) is 30.5 Å². The molecule has 1 aromatic rings. The van der Waals surface area contributed by atoms with Crippen LogP contribution in [0.15, 0.2) is 10.3 Å². The smallest absolute Gasteiger partial charge is 0.244 e. The van der Waals surface area contributed by atoms with Crippen LogP contribution in [0.4, 0.5) is 0 Å². The number of methoxy groups -OCH3 is 1. The van der Waals surface area contributed by atoms with Crippen LogP contribution in [0.25, 0.3) is 0 Å².